The van der Waals surface area contributed by atoms with Crippen molar-refractivity contribution in [1.82, 2.24) is 20.3 Å². The summed E-state index contributed by atoms with van der Waals surface area (Å²) in [5.41, 5.74) is 0.871. The van der Waals surface area contributed by atoms with Crippen LogP contribution in [0.2, 0.25) is 5.02 Å². The summed E-state index contributed by atoms with van der Waals surface area (Å²) in [6.45, 7) is 0. The Morgan fingerprint density at radius 3 is 2.55 bits per heavy atom. The zero-order chi connectivity index (χ0) is 20.5. The third-order valence-corrected chi connectivity index (χ3v) is 4.18. The Morgan fingerprint density at radius 2 is 1.86 bits per heavy atom. The number of phenols is 2. The summed E-state index contributed by atoms with van der Waals surface area (Å²) in [5, 5.41) is 33.6. The number of hydrogen-bond donors (Lipinski definition) is 4. The van der Waals surface area contributed by atoms with Crippen LogP contribution in [0.3, 0.4) is 0 Å². The molecule has 4 rings (SSSR count). The van der Waals surface area contributed by atoms with Crippen molar-refractivity contribution in [3.05, 3.63) is 58.5 Å². The topological polar surface area (TPSA) is 156 Å². The van der Waals surface area contributed by atoms with E-state index in [1.807, 2.05) is 0 Å². The molecule has 0 unspecified atom stereocenters. The van der Waals surface area contributed by atoms with E-state index in [1.54, 1.807) is 0 Å². The van der Waals surface area contributed by atoms with Gasteiger partial charge in [-0.15, -0.1) is 0 Å². The first-order chi connectivity index (χ1) is 14.0. The molecule has 0 aliphatic rings. The highest BCUT2D eigenvalue weighted by Crippen LogP contribution is 2.29. The van der Waals surface area contributed by atoms with E-state index in [4.69, 9.17) is 17.4 Å². The number of benzene rings is 2. The van der Waals surface area contributed by atoms with Crippen LogP contribution in [-0.4, -0.2) is 36.2 Å². The summed E-state index contributed by atoms with van der Waals surface area (Å²) in [5.74, 6) is 4.66. The Labute approximate surface area is 166 Å². The summed E-state index contributed by atoms with van der Waals surface area (Å²) in [7, 11) is 0. The van der Waals surface area contributed by atoms with Gasteiger partial charge in [-0.05, 0) is 40.6 Å². The van der Waals surface area contributed by atoms with Crippen molar-refractivity contribution in [3.63, 3.8) is 0 Å². The van der Waals surface area contributed by atoms with Gasteiger partial charge in [0.2, 0.25) is 11.3 Å². The predicted molar refractivity (Wildman–Crippen MR) is 102 cm³/mol. The minimum absolute atomic E-state index is 0.0376. The first-order valence-electron chi connectivity index (χ1n) is 7.99. The molecule has 0 radical (unpaired) electrons. The van der Waals surface area contributed by atoms with E-state index in [0.29, 0.717) is 5.69 Å². The van der Waals surface area contributed by atoms with E-state index in [2.05, 4.69) is 35.3 Å². The van der Waals surface area contributed by atoms with E-state index in [0.717, 1.165) is 6.07 Å². The van der Waals surface area contributed by atoms with Crippen LogP contribution >= 0.6 is 11.6 Å². The lowest BCUT2D eigenvalue weighted by atomic mass is 10.1. The fourth-order valence-electron chi connectivity index (χ4n) is 2.58. The normalized spacial score (nSPS) is 11.7. The molecule has 0 saturated carbocycles. The number of aromatic hydroxyl groups is 2. The van der Waals surface area contributed by atoms with Crippen LogP contribution < -0.4 is 11.2 Å². The van der Waals surface area contributed by atoms with E-state index in [9.17, 15) is 14.6 Å². The van der Waals surface area contributed by atoms with E-state index >= 15 is 0 Å². The Hall–Kier alpha value is -3.99. The molecule has 2 heterocycles. The minimum atomic E-state index is -0.585. The number of phenolic OH excluding ortho intramolecular Hbond substituents is 2. The molecule has 0 aliphatic heterocycles. The summed E-state index contributed by atoms with van der Waals surface area (Å²) in [6, 6.07) is 7.84. The molecular weight excluding hydrogens is 405 g/mol. The van der Waals surface area contributed by atoms with Crippen LogP contribution in [0, 0.1) is 5.82 Å². The molecule has 0 saturated heterocycles. The summed E-state index contributed by atoms with van der Waals surface area (Å²) in [4.78, 5) is 8.58. The maximum atomic E-state index is 13.5. The van der Waals surface area contributed by atoms with Gasteiger partial charge in [-0.25, -0.2) is 19.0 Å². The van der Waals surface area contributed by atoms with E-state index in [-0.39, 0.29) is 50.6 Å². The molecule has 12 heteroatoms. The van der Waals surface area contributed by atoms with Crippen LogP contribution in [0.1, 0.15) is 11.3 Å². The van der Waals surface area contributed by atoms with Gasteiger partial charge in [0, 0.05) is 17.3 Å². The van der Waals surface area contributed by atoms with Crippen molar-refractivity contribution in [2.45, 2.75) is 0 Å². The summed E-state index contributed by atoms with van der Waals surface area (Å²) < 4.78 is 18.1. The monoisotopic (exact) mass is 415 g/mol. The number of hydrazone groups is 1. The van der Waals surface area contributed by atoms with Gasteiger partial charge in [-0.1, -0.05) is 11.6 Å². The van der Waals surface area contributed by atoms with Crippen molar-refractivity contribution in [2.75, 3.05) is 5.32 Å². The Morgan fingerprint density at radius 1 is 1.10 bits per heavy atom. The van der Waals surface area contributed by atoms with Crippen molar-refractivity contribution < 1.29 is 19.2 Å². The molecule has 146 valence electrons. The van der Waals surface area contributed by atoms with Crippen LogP contribution in [0.5, 0.6) is 11.5 Å². The highest BCUT2D eigenvalue weighted by molar-refractivity contribution is 6.31. The second-order valence-electron chi connectivity index (χ2n) is 5.77. The highest BCUT2D eigenvalue weighted by Gasteiger charge is 2.22. The molecule has 0 amide bonds. The number of aromatic nitrogens is 4. The number of rotatable bonds is 4. The third-order valence-electron chi connectivity index (χ3n) is 3.89. The third kappa shape index (κ3) is 3.46. The maximum absolute atomic E-state index is 13.5. The van der Waals surface area contributed by atoms with Crippen LogP contribution in [0.4, 0.5) is 15.9 Å². The quantitative estimate of drug-likeness (QED) is 0.223. The minimum Gasteiger partial charge on any atom is -0.508 e. The highest BCUT2D eigenvalue weighted by atomic mass is 35.5. The summed E-state index contributed by atoms with van der Waals surface area (Å²) >= 11 is 5.83. The molecule has 0 spiro atoms. The number of anilines is 2. The number of nitrogens with zero attached hydrogens (tertiary/aromatic N) is 5. The molecule has 2 aromatic carbocycles. The molecule has 4 aromatic rings. The van der Waals surface area contributed by atoms with Gasteiger partial charge in [0.05, 0.1) is 5.02 Å². The predicted octanol–water partition coefficient (Wildman–Crippen LogP) is 2.67. The van der Waals surface area contributed by atoms with Crippen molar-refractivity contribution >= 4 is 40.1 Å². The fraction of sp³-hybridized carbons (Fsp3) is 0. The van der Waals surface area contributed by atoms with Crippen LogP contribution in [-0.2, 0) is 0 Å². The number of halogens is 2. The maximum Gasteiger partial charge on any atom is 0.245 e. The smallest absolute Gasteiger partial charge is 0.245 e. The molecule has 0 atom stereocenters. The molecule has 0 fully saturated rings. The Balaban J connectivity index is 1.87. The molecule has 0 aliphatic carbocycles. The molecule has 2 aromatic heterocycles. The SMILES string of the molecule is N/N=C(\c1ccc(O)cc1O)c1nc2nonc2nc1Nc1ccc(F)c(Cl)c1. The summed E-state index contributed by atoms with van der Waals surface area (Å²) in [6.07, 6.45) is 0. The number of nitrogens with two attached hydrogens (primary N) is 1. The molecule has 0 bridgehead atoms. The molecule has 10 nitrogen and oxygen atoms in total. The van der Waals surface area contributed by atoms with Gasteiger partial charge in [-0.3, -0.25) is 0 Å². The van der Waals surface area contributed by atoms with Crippen molar-refractivity contribution in [1.29, 1.82) is 0 Å². The average molecular weight is 416 g/mol. The largest absolute Gasteiger partial charge is 0.508 e. The van der Waals surface area contributed by atoms with Gasteiger partial charge in [0.25, 0.3) is 0 Å². The number of hydrogen-bond acceptors (Lipinski definition) is 10. The second-order valence-corrected chi connectivity index (χ2v) is 6.17. The van der Waals surface area contributed by atoms with Gasteiger partial charge < -0.3 is 21.4 Å². The average Bonchev–Trinajstić information content (AvgIpc) is 3.14. The van der Waals surface area contributed by atoms with Crippen LogP contribution in [0.15, 0.2) is 46.1 Å². The fourth-order valence-corrected chi connectivity index (χ4v) is 2.76. The van der Waals surface area contributed by atoms with Crippen molar-refractivity contribution in [2.24, 2.45) is 10.9 Å². The standard InChI is InChI=1S/C17H11ClFN7O3/c18-10-5-7(1-4-11(10)19)21-15-14(22-16-17(23-15)26-29-25-16)13(24-20)9-3-2-8(27)6-12(9)28/h1-6,27-28H,20H2,(H,21,23,26)/b24-13+. The first-order valence-corrected chi connectivity index (χ1v) is 8.37. The lowest BCUT2D eigenvalue weighted by Gasteiger charge is -2.13. The molecular formula is C17H11ClFN7O3. The Kier molecular flexibility index (Phi) is 4.56. The van der Waals surface area contributed by atoms with Gasteiger partial charge >= 0.3 is 0 Å². The van der Waals surface area contributed by atoms with Gasteiger partial charge in [0.15, 0.2) is 5.82 Å². The molecule has 29 heavy (non-hydrogen) atoms. The van der Waals surface area contributed by atoms with Crippen molar-refractivity contribution in [3.8, 4) is 11.5 Å². The lowest BCUT2D eigenvalue weighted by Crippen LogP contribution is -2.13. The number of nitrogens with one attached hydrogen (secondary N) is 1. The first kappa shape index (κ1) is 18.4. The molecule has 5 N–H and O–H groups in total. The zero-order valence-corrected chi connectivity index (χ0v) is 15.1. The van der Waals surface area contributed by atoms with Gasteiger partial charge in [-0.2, -0.15) is 5.10 Å². The second kappa shape index (κ2) is 7.20. The zero-order valence-electron chi connectivity index (χ0n) is 14.3. The lowest BCUT2D eigenvalue weighted by molar-refractivity contribution is 0.314. The van der Waals surface area contributed by atoms with Crippen LogP contribution in [0.25, 0.3) is 11.3 Å². The number of fused-ring (bicyclic) bond motifs is 1. The van der Waals surface area contributed by atoms with E-state index < -0.39 is 5.82 Å². The van der Waals surface area contributed by atoms with E-state index in [1.165, 1.54) is 30.3 Å². The Bertz CT molecular complexity index is 1260. The van der Waals surface area contributed by atoms with Gasteiger partial charge in [0.1, 0.15) is 28.7 Å².